The Morgan fingerprint density at radius 3 is 2.29 bits per heavy atom. The lowest BCUT2D eigenvalue weighted by molar-refractivity contribution is -0.136. The van der Waals surface area contributed by atoms with Crippen molar-refractivity contribution < 1.29 is 23.9 Å². The number of anilines is 1. The molecule has 0 aromatic heterocycles. The standard InChI is InChI=1S/C30H27N3O5/c1-3-20-9-14-23(15-10-20)32-28(34)29(35)33-31-19-26-25-8-6-5-7-21(25)13-18-27(26)38-30(36)22-11-16-24(17-12-22)37-4-2/h5-19H,3-4H2,1-2H3,(H,32,34)(H,33,35). The zero-order valence-electron chi connectivity index (χ0n) is 21.1. The zero-order chi connectivity index (χ0) is 26.9. The van der Waals surface area contributed by atoms with E-state index in [4.69, 9.17) is 9.47 Å². The lowest BCUT2D eigenvalue weighted by atomic mass is 10.0. The molecule has 4 aromatic rings. The second kappa shape index (κ2) is 12.3. The smallest absolute Gasteiger partial charge is 0.343 e. The first-order valence-corrected chi connectivity index (χ1v) is 12.2. The molecule has 8 nitrogen and oxygen atoms in total. The highest BCUT2D eigenvalue weighted by Crippen LogP contribution is 2.27. The Morgan fingerprint density at radius 2 is 1.58 bits per heavy atom. The first kappa shape index (κ1) is 26.1. The minimum Gasteiger partial charge on any atom is -0.494 e. The maximum absolute atomic E-state index is 12.8. The molecule has 0 saturated carbocycles. The summed E-state index contributed by atoms with van der Waals surface area (Å²) in [5.74, 6) is -1.45. The summed E-state index contributed by atoms with van der Waals surface area (Å²) in [6.45, 7) is 4.43. The zero-order valence-corrected chi connectivity index (χ0v) is 21.1. The third-order valence-electron chi connectivity index (χ3n) is 5.72. The summed E-state index contributed by atoms with van der Waals surface area (Å²) in [5, 5.41) is 8.13. The minimum atomic E-state index is -0.936. The molecule has 4 aromatic carbocycles. The third kappa shape index (κ3) is 6.41. The number of esters is 1. The highest BCUT2D eigenvalue weighted by molar-refractivity contribution is 6.39. The van der Waals surface area contributed by atoms with Gasteiger partial charge >= 0.3 is 17.8 Å². The predicted molar refractivity (Wildman–Crippen MR) is 147 cm³/mol. The van der Waals surface area contributed by atoms with Crippen LogP contribution >= 0.6 is 0 Å². The molecule has 8 heteroatoms. The van der Waals surface area contributed by atoms with E-state index in [0.29, 0.717) is 29.2 Å². The number of nitrogens with one attached hydrogen (secondary N) is 2. The Hall–Kier alpha value is -4.98. The lowest BCUT2D eigenvalue weighted by Crippen LogP contribution is -2.32. The molecule has 4 rings (SSSR count). The summed E-state index contributed by atoms with van der Waals surface area (Å²) in [5.41, 5.74) is 4.67. The molecule has 0 saturated heterocycles. The normalized spacial score (nSPS) is 10.8. The second-order valence-corrected chi connectivity index (χ2v) is 8.25. The minimum absolute atomic E-state index is 0.251. The second-order valence-electron chi connectivity index (χ2n) is 8.25. The van der Waals surface area contributed by atoms with E-state index in [1.54, 1.807) is 42.5 Å². The fraction of sp³-hybridized carbons (Fsp3) is 0.133. The fourth-order valence-corrected chi connectivity index (χ4v) is 3.73. The summed E-state index contributed by atoms with van der Waals surface area (Å²) in [7, 11) is 0. The Bertz CT molecular complexity index is 1480. The van der Waals surface area contributed by atoms with E-state index in [1.807, 2.05) is 56.3 Å². The molecule has 2 N–H and O–H groups in total. The number of hydrogen-bond donors (Lipinski definition) is 2. The number of carbonyl (C=O) groups excluding carboxylic acids is 3. The van der Waals surface area contributed by atoms with Gasteiger partial charge in [-0.2, -0.15) is 5.10 Å². The number of aryl methyl sites for hydroxylation is 1. The van der Waals surface area contributed by atoms with Gasteiger partial charge < -0.3 is 14.8 Å². The Labute approximate surface area is 220 Å². The molecule has 0 unspecified atom stereocenters. The highest BCUT2D eigenvalue weighted by atomic mass is 16.5. The molecule has 0 bridgehead atoms. The van der Waals surface area contributed by atoms with Crippen molar-refractivity contribution in [2.75, 3.05) is 11.9 Å². The van der Waals surface area contributed by atoms with Gasteiger partial charge in [0, 0.05) is 11.3 Å². The number of hydrogen-bond acceptors (Lipinski definition) is 6. The van der Waals surface area contributed by atoms with Crippen molar-refractivity contribution in [3.63, 3.8) is 0 Å². The van der Waals surface area contributed by atoms with Crippen molar-refractivity contribution in [1.82, 2.24) is 5.43 Å². The average Bonchev–Trinajstić information content (AvgIpc) is 2.94. The monoisotopic (exact) mass is 509 g/mol. The molecule has 38 heavy (non-hydrogen) atoms. The van der Waals surface area contributed by atoms with Crippen molar-refractivity contribution in [3.05, 3.63) is 102 Å². The summed E-state index contributed by atoms with van der Waals surface area (Å²) < 4.78 is 11.1. The summed E-state index contributed by atoms with van der Waals surface area (Å²) >= 11 is 0. The highest BCUT2D eigenvalue weighted by Gasteiger charge is 2.15. The van der Waals surface area contributed by atoms with E-state index in [-0.39, 0.29) is 5.75 Å². The molecule has 0 aliphatic heterocycles. The van der Waals surface area contributed by atoms with Crippen molar-refractivity contribution >= 4 is 40.5 Å². The SMILES string of the molecule is CCOc1ccc(C(=O)Oc2ccc3ccccc3c2C=NNC(=O)C(=O)Nc2ccc(CC)cc2)cc1. The van der Waals surface area contributed by atoms with Crippen molar-refractivity contribution in [2.45, 2.75) is 20.3 Å². The van der Waals surface area contributed by atoms with Gasteiger partial charge in [-0.25, -0.2) is 10.2 Å². The molecule has 0 radical (unpaired) electrons. The summed E-state index contributed by atoms with van der Waals surface area (Å²) in [6.07, 6.45) is 2.22. The number of rotatable bonds is 8. The average molecular weight is 510 g/mol. The molecule has 0 atom stereocenters. The number of nitrogens with zero attached hydrogens (tertiary/aromatic N) is 1. The van der Waals surface area contributed by atoms with Crippen LogP contribution in [0.2, 0.25) is 0 Å². The Balaban J connectivity index is 1.50. The van der Waals surface area contributed by atoms with Gasteiger partial charge in [-0.05, 0) is 72.1 Å². The van der Waals surface area contributed by atoms with E-state index in [1.165, 1.54) is 6.21 Å². The number of hydrazone groups is 1. The Kier molecular flexibility index (Phi) is 8.46. The quantitative estimate of drug-likeness (QED) is 0.113. The maximum Gasteiger partial charge on any atom is 0.343 e. The molecular weight excluding hydrogens is 482 g/mol. The van der Waals surface area contributed by atoms with Crippen molar-refractivity contribution in [3.8, 4) is 11.5 Å². The van der Waals surface area contributed by atoms with Gasteiger partial charge in [-0.15, -0.1) is 0 Å². The topological polar surface area (TPSA) is 106 Å². The van der Waals surface area contributed by atoms with Crippen LogP contribution in [0.4, 0.5) is 5.69 Å². The summed E-state index contributed by atoms with van der Waals surface area (Å²) in [6, 6.07) is 24.8. The van der Waals surface area contributed by atoms with Crippen LogP contribution in [-0.2, 0) is 16.0 Å². The molecular formula is C30H27N3O5. The van der Waals surface area contributed by atoms with E-state index in [9.17, 15) is 14.4 Å². The number of carbonyl (C=O) groups is 3. The van der Waals surface area contributed by atoms with Crippen LogP contribution in [0.5, 0.6) is 11.5 Å². The van der Waals surface area contributed by atoms with Crippen LogP contribution in [0, 0.1) is 0 Å². The summed E-state index contributed by atoms with van der Waals surface area (Å²) in [4.78, 5) is 37.4. The fourth-order valence-electron chi connectivity index (χ4n) is 3.73. The molecule has 0 spiro atoms. The van der Waals surface area contributed by atoms with E-state index in [2.05, 4.69) is 15.8 Å². The van der Waals surface area contributed by atoms with Crippen LogP contribution in [-0.4, -0.2) is 30.6 Å². The van der Waals surface area contributed by atoms with Crippen LogP contribution in [0.25, 0.3) is 10.8 Å². The number of amides is 2. The third-order valence-corrected chi connectivity index (χ3v) is 5.72. The van der Waals surface area contributed by atoms with Gasteiger partial charge in [0.2, 0.25) is 0 Å². The van der Waals surface area contributed by atoms with E-state index < -0.39 is 17.8 Å². The maximum atomic E-state index is 12.8. The predicted octanol–water partition coefficient (Wildman–Crippen LogP) is 5.11. The first-order valence-electron chi connectivity index (χ1n) is 12.2. The van der Waals surface area contributed by atoms with Crippen LogP contribution in [0.1, 0.15) is 35.3 Å². The number of benzene rings is 4. The number of fused-ring (bicyclic) bond motifs is 1. The van der Waals surface area contributed by atoms with Gasteiger partial charge in [0.25, 0.3) is 0 Å². The molecule has 0 aliphatic carbocycles. The van der Waals surface area contributed by atoms with Crippen LogP contribution < -0.4 is 20.2 Å². The molecule has 2 amide bonds. The first-order chi connectivity index (χ1) is 18.5. The van der Waals surface area contributed by atoms with Gasteiger partial charge in [-0.3, -0.25) is 9.59 Å². The largest absolute Gasteiger partial charge is 0.494 e. The van der Waals surface area contributed by atoms with Crippen LogP contribution in [0.15, 0.2) is 90.0 Å². The molecule has 0 aliphatic rings. The van der Waals surface area contributed by atoms with E-state index in [0.717, 1.165) is 22.8 Å². The van der Waals surface area contributed by atoms with Crippen LogP contribution in [0.3, 0.4) is 0 Å². The van der Waals surface area contributed by atoms with Gasteiger partial charge in [-0.1, -0.05) is 49.4 Å². The van der Waals surface area contributed by atoms with E-state index >= 15 is 0 Å². The van der Waals surface area contributed by atoms with Crippen molar-refractivity contribution in [2.24, 2.45) is 5.10 Å². The molecule has 0 heterocycles. The number of ether oxygens (including phenoxy) is 2. The van der Waals surface area contributed by atoms with Gasteiger partial charge in [0.1, 0.15) is 11.5 Å². The van der Waals surface area contributed by atoms with Crippen molar-refractivity contribution in [1.29, 1.82) is 0 Å². The van der Waals surface area contributed by atoms with Gasteiger partial charge in [0.05, 0.1) is 18.4 Å². The Morgan fingerprint density at radius 1 is 0.842 bits per heavy atom. The lowest BCUT2D eigenvalue weighted by Gasteiger charge is -2.11. The van der Waals surface area contributed by atoms with Gasteiger partial charge in [0.15, 0.2) is 0 Å². The molecule has 0 fully saturated rings. The molecule has 192 valence electrons.